The number of rotatable bonds is 9. The fraction of sp³-hybridized carbons (Fsp3) is 1.00. The van der Waals surface area contributed by atoms with Crippen LogP contribution in [0.2, 0.25) is 0 Å². The Labute approximate surface area is 89.9 Å². The third-order valence-corrected chi connectivity index (χ3v) is 2.81. The minimum Gasteiger partial charge on any atom is -0.330 e. The average Bonchev–Trinajstić information content (AvgIpc) is 2.17. The lowest BCUT2D eigenvalue weighted by Gasteiger charge is -2.20. The quantitative estimate of drug-likeness (QED) is 0.579. The van der Waals surface area contributed by atoms with E-state index < -0.39 is 0 Å². The largest absolute Gasteiger partial charge is 0.330 e. The van der Waals surface area contributed by atoms with Crippen LogP contribution in [0.3, 0.4) is 0 Å². The number of hydrogen-bond acceptors (Lipinski definition) is 2. The maximum absolute atomic E-state index is 5.44. The summed E-state index contributed by atoms with van der Waals surface area (Å²) in [6.07, 6.45) is 6.44. The third kappa shape index (κ3) is 8.52. The highest BCUT2D eigenvalue weighted by molar-refractivity contribution is 4.57. The van der Waals surface area contributed by atoms with Crippen LogP contribution in [0.4, 0.5) is 0 Å². The molecule has 1 atom stereocenters. The van der Waals surface area contributed by atoms with Crippen molar-refractivity contribution in [2.24, 2.45) is 11.7 Å². The second-order valence-corrected chi connectivity index (χ2v) is 4.48. The Balaban J connectivity index is 3.22. The lowest BCUT2D eigenvalue weighted by Crippen LogP contribution is -2.25. The smallest absolute Gasteiger partial charge is 0.000387 e. The summed E-state index contributed by atoms with van der Waals surface area (Å²) in [5.41, 5.74) is 5.44. The van der Waals surface area contributed by atoms with Crippen LogP contribution in [0.5, 0.6) is 0 Å². The van der Waals surface area contributed by atoms with Gasteiger partial charge in [-0.2, -0.15) is 0 Å². The van der Waals surface area contributed by atoms with E-state index in [0.29, 0.717) is 0 Å². The van der Waals surface area contributed by atoms with Gasteiger partial charge in [0.15, 0.2) is 0 Å². The van der Waals surface area contributed by atoms with Crippen molar-refractivity contribution in [3.63, 3.8) is 0 Å². The Morgan fingerprint density at radius 1 is 1.14 bits per heavy atom. The molecule has 0 heterocycles. The Kier molecular flexibility index (Phi) is 9.42. The first-order chi connectivity index (χ1) is 6.70. The van der Waals surface area contributed by atoms with Crippen LogP contribution >= 0.6 is 0 Å². The maximum atomic E-state index is 5.44. The molecule has 0 radical (unpaired) electrons. The van der Waals surface area contributed by atoms with Gasteiger partial charge in [0.1, 0.15) is 0 Å². The minimum absolute atomic E-state index is 0.837. The van der Waals surface area contributed by atoms with Gasteiger partial charge in [-0.05, 0) is 38.9 Å². The number of nitrogens with two attached hydrogens (primary N) is 1. The van der Waals surface area contributed by atoms with Gasteiger partial charge in [-0.25, -0.2) is 0 Å². The lowest BCUT2D eigenvalue weighted by molar-refractivity contribution is 0.276. The summed E-state index contributed by atoms with van der Waals surface area (Å²) in [7, 11) is 2.23. The standard InChI is InChI=1S/C12H28N2/c1-4-12(2)11-14(3)10-8-6-5-7-9-13/h12H,4-11,13H2,1-3H3. The van der Waals surface area contributed by atoms with Crippen LogP contribution in [0.1, 0.15) is 46.0 Å². The molecule has 1 unspecified atom stereocenters. The summed E-state index contributed by atoms with van der Waals surface area (Å²) in [4.78, 5) is 2.45. The van der Waals surface area contributed by atoms with Gasteiger partial charge in [-0.1, -0.05) is 33.1 Å². The van der Waals surface area contributed by atoms with Gasteiger partial charge in [0.25, 0.3) is 0 Å². The van der Waals surface area contributed by atoms with E-state index in [9.17, 15) is 0 Å². The molecule has 0 aliphatic rings. The molecule has 2 heteroatoms. The highest BCUT2D eigenvalue weighted by Crippen LogP contribution is 2.05. The fourth-order valence-electron chi connectivity index (χ4n) is 1.63. The van der Waals surface area contributed by atoms with Gasteiger partial charge in [-0.15, -0.1) is 0 Å². The van der Waals surface area contributed by atoms with Crippen LogP contribution in [-0.2, 0) is 0 Å². The van der Waals surface area contributed by atoms with Crippen LogP contribution in [0.25, 0.3) is 0 Å². The number of nitrogens with zero attached hydrogens (tertiary/aromatic N) is 1. The monoisotopic (exact) mass is 200 g/mol. The summed E-state index contributed by atoms with van der Waals surface area (Å²) >= 11 is 0. The van der Waals surface area contributed by atoms with Crippen molar-refractivity contribution in [2.45, 2.75) is 46.0 Å². The molecule has 0 aromatic rings. The third-order valence-electron chi connectivity index (χ3n) is 2.81. The van der Waals surface area contributed by atoms with E-state index in [2.05, 4.69) is 25.8 Å². The molecule has 2 nitrogen and oxygen atoms in total. The zero-order chi connectivity index (χ0) is 10.8. The topological polar surface area (TPSA) is 29.3 Å². The molecule has 0 aliphatic carbocycles. The van der Waals surface area contributed by atoms with Gasteiger partial charge in [-0.3, -0.25) is 0 Å². The van der Waals surface area contributed by atoms with E-state index in [4.69, 9.17) is 5.73 Å². The van der Waals surface area contributed by atoms with Crippen LogP contribution in [0.15, 0.2) is 0 Å². The Hall–Kier alpha value is -0.0800. The Morgan fingerprint density at radius 3 is 2.36 bits per heavy atom. The first-order valence-corrected chi connectivity index (χ1v) is 6.09. The lowest BCUT2D eigenvalue weighted by atomic mass is 10.1. The molecule has 86 valence electrons. The van der Waals surface area contributed by atoms with Crippen molar-refractivity contribution >= 4 is 0 Å². The van der Waals surface area contributed by atoms with Crippen molar-refractivity contribution in [3.8, 4) is 0 Å². The molecule has 0 aliphatic heterocycles. The molecule has 0 bridgehead atoms. The van der Waals surface area contributed by atoms with E-state index in [-0.39, 0.29) is 0 Å². The number of hydrogen-bond donors (Lipinski definition) is 1. The molecule has 14 heavy (non-hydrogen) atoms. The Bertz CT molecular complexity index is 115. The molecular formula is C12H28N2. The molecule has 0 fully saturated rings. The van der Waals surface area contributed by atoms with Gasteiger partial charge in [0.05, 0.1) is 0 Å². The van der Waals surface area contributed by atoms with E-state index in [1.165, 1.54) is 45.2 Å². The molecule has 0 saturated carbocycles. The van der Waals surface area contributed by atoms with Crippen molar-refractivity contribution in [3.05, 3.63) is 0 Å². The first kappa shape index (κ1) is 13.9. The number of unbranched alkanes of at least 4 members (excludes halogenated alkanes) is 3. The second-order valence-electron chi connectivity index (χ2n) is 4.48. The van der Waals surface area contributed by atoms with Gasteiger partial charge in [0, 0.05) is 6.54 Å². The summed E-state index contributed by atoms with van der Waals surface area (Å²) in [6, 6.07) is 0. The predicted molar refractivity (Wildman–Crippen MR) is 64.5 cm³/mol. The van der Waals surface area contributed by atoms with Crippen molar-refractivity contribution in [1.82, 2.24) is 4.90 Å². The molecule has 0 amide bonds. The zero-order valence-electron chi connectivity index (χ0n) is 10.3. The SMILES string of the molecule is CCC(C)CN(C)CCCCCCN. The molecule has 0 saturated heterocycles. The molecule has 0 aromatic carbocycles. The van der Waals surface area contributed by atoms with E-state index >= 15 is 0 Å². The highest BCUT2D eigenvalue weighted by atomic mass is 15.1. The summed E-state index contributed by atoms with van der Waals surface area (Å²) in [6.45, 7) is 7.93. The Morgan fingerprint density at radius 2 is 1.79 bits per heavy atom. The second kappa shape index (κ2) is 9.47. The average molecular weight is 200 g/mol. The molecule has 2 N–H and O–H groups in total. The fourth-order valence-corrected chi connectivity index (χ4v) is 1.63. The van der Waals surface area contributed by atoms with E-state index in [1.54, 1.807) is 0 Å². The molecule has 0 spiro atoms. The molecule has 0 aromatic heterocycles. The van der Waals surface area contributed by atoms with Crippen molar-refractivity contribution in [2.75, 3.05) is 26.7 Å². The van der Waals surface area contributed by atoms with Crippen LogP contribution < -0.4 is 5.73 Å². The summed E-state index contributed by atoms with van der Waals surface area (Å²) in [5, 5.41) is 0. The van der Waals surface area contributed by atoms with Crippen molar-refractivity contribution < 1.29 is 0 Å². The van der Waals surface area contributed by atoms with Gasteiger partial charge < -0.3 is 10.6 Å². The summed E-state index contributed by atoms with van der Waals surface area (Å²) in [5.74, 6) is 0.837. The van der Waals surface area contributed by atoms with Crippen LogP contribution in [-0.4, -0.2) is 31.6 Å². The predicted octanol–water partition coefficient (Wildman–Crippen LogP) is 2.48. The molecule has 0 rings (SSSR count). The molecular weight excluding hydrogens is 172 g/mol. The van der Waals surface area contributed by atoms with E-state index in [0.717, 1.165) is 12.5 Å². The highest BCUT2D eigenvalue weighted by Gasteiger charge is 2.03. The van der Waals surface area contributed by atoms with E-state index in [1.807, 2.05) is 0 Å². The normalized spacial score (nSPS) is 13.5. The minimum atomic E-state index is 0.837. The van der Waals surface area contributed by atoms with Crippen molar-refractivity contribution in [1.29, 1.82) is 0 Å². The zero-order valence-corrected chi connectivity index (χ0v) is 10.3. The first-order valence-electron chi connectivity index (χ1n) is 6.09. The van der Waals surface area contributed by atoms with Gasteiger partial charge >= 0.3 is 0 Å². The van der Waals surface area contributed by atoms with Gasteiger partial charge in [0.2, 0.25) is 0 Å². The maximum Gasteiger partial charge on any atom is 0.000387 e. The summed E-state index contributed by atoms with van der Waals surface area (Å²) < 4.78 is 0. The van der Waals surface area contributed by atoms with Crippen LogP contribution in [0, 0.1) is 5.92 Å².